The van der Waals surface area contributed by atoms with Crippen molar-refractivity contribution in [1.29, 1.82) is 0 Å². The molecular formula is C26H27BrClN3O. The second kappa shape index (κ2) is 11.6. The topological polar surface area (TPSA) is 46.2 Å². The number of ether oxygens (including phenoxy) is 1. The maximum absolute atomic E-state index is 6.08. The third kappa shape index (κ3) is 6.91. The monoisotopic (exact) mass is 511 g/mol. The van der Waals surface area contributed by atoms with Crippen LogP contribution in [-0.2, 0) is 13.2 Å². The highest BCUT2D eigenvalue weighted by atomic mass is 79.9. The highest BCUT2D eigenvalue weighted by Gasteiger charge is 2.13. The molecule has 32 heavy (non-hydrogen) atoms. The van der Waals surface area contributed by atoms with Gasteiger partial charge in [-0.1, -0.05) is 57.9 Å². The van der Waals surface area contributed by atoms with Gasteiger partial charge in [-0.25, -0.2) is 0 Å². The number of halogens is 2. The molecule has 4 nitrogen and oxygen atoms in total. The molecule has 1 unspecified atom stereocenters. The zero-order valence-electron chi connectivity index (χ0n) is 17.9. The van der Waals surface area contributed by atoms with Gasteiger partial charge in [0.25, 0.3) is 0 Å². The summed E-state index contributed by atoms with van der Waals surface area (Å²) in [5, 5.41) is 7.74. The number of pyridine rings is 1. The Kier molecular flexibility index (Phi) is 8.35. The van der Waals surface area contributed by atoms with Gasteiger partial charge in [0.15, 0.2) is 0 Å². The molecule has 2 heterocycles. The van der Waals surface area contributed by atoms with Crippen LogP contribution in [0.3, 0.4) is 0 Å². The van der Waals surface area contributed by atoms with E-state index in [1.54, 1.807) is 6.20 Å². The molecule has 0 amide bonds. The first kappa shape index (κ1) is 23.0. The number of hydrogen-bond acceptors (Lipinski definition) is 4. The van der Waals surface area contributed by atoms with Crippen molar-refractivity contribution in [2.75, 3.05) is 19.6 Å². The van der Waals surface area contributed by atoms with Crippen molar-refractivity contribution in [3.05, 3.63) is 92.7 Å². The quantitative estimate of drug-likeness (QED) is 0.348. The molecule has 4 rings (SSSR count). The van der Waals surface area contributed by atoms with Crippen LogP contribution in [0.15, 0.2) is 65.3 Å². The Balaban J connectivity index is 1.49. The molecule has 2 aromatic carbocycles. The van der Waals surface area contributed by atoms with E-state index in [0.717, 1.165) is 53.2 Å². The largest absolute Gasteiger partial charge is 0.487 e. The Morgan fingerprint density at radius 1 is 1.16 bits per heavy atom. The summed E-state index contributed by atoms with van der Waals surface area (Å²) in [5.74, 6) is 1.55. The van der Waals surface area contributed by atoms with E-state index >= 15 is 0 Å². The third-order valence-electron chi connectivity index (χ3n) is 5.44. The van der Waals surface area contributed by atoms with Crippen LogP contribution in [0, 0.1) is 5.92 Å². The standard InChI is InChI=1S/C26H27BrClN3O/c27-26-14-23(28)7-6-22(26)5-4-19-11-21(17-30-16-20-8-10-29-15-20)13-25(12-19)32-18-24-3-1-2-9-31-24/h1-7,9,11-14,20,29-30H,8,10,15-18H2/b5-4+. The van der Waals surface area contributed by atoms with Crippen LogP contribution in [-0.4, -0.2) is 24.6 Å². The van der Waals surface area contributed by atoms with Gasteiger partial charge in [0.2, 0.25) is 0 Å². The van der Waals surface area contributed by atoms with Crippen LogP contribution < -0.4 is 15.4 Å². The first-order valence-electron chi connectivity index (χ1n) is 10.9. The molecule has 1 aromatic heterocycles. The first-order chi connectivity index (χ1) is 15.7. The van der Waals surface area contributed by atoms with Crippen LogP contribution in [0.5, 0.6) is 5.75 Å². The number of hydrogen-bond donors (Lipinski definition) is 2. The van der Waals surface area contributed by atoms with Gasteiger partial charge >= 0.3 is 0 Å². The van der Waals surface area contributed by atoms with Crippen molar-refractivity contribution >= 4 is 39.7 Å². The van der Waals surface area contributed by atoms with Crippen molar-refractivity contribution in [2.45, 2.75) is 19.6 Å². The maximum Gasteiger partial charge on any atom is 0.130 e. The summed E-state index contributed by atoms with van der Waals surface area (Å²) >= 11 is 9.65. The summed E-state index contributed by atoms with van der Waals surface area (Å²) in [6.07, 6.45) is 7.21. The molecule has 3 aromatic rings. The molecule has 1 atom stereocenters. The predicted octanol–water partition coefficient (Wildman–Crippen LogP) is 5.95. The van der Waals surface area contributed by atoms with Gasteiger partial charge in [-0.3, -0.25) is 4.98 Å². The zero-order chi connectivity index (χ0) is 22.2. The second-order valence-corrected chi connectivity index (χ2v) is 9.30. The summed E-state index contributed by atoms with van der Waals surface area (Å²) in [6, 6.07) is 18.0. The van der Waals surface area contributed by atoms with Crippen LogP contribution in [0.25, 0.3) is 12.2 Å². The van der Waals surface area contributed by atoms with E-state index < -0.39 is 0 Å². The van der Waals surface area contributed by atoms with Gasteiger partial charge in [-0.15, -0.1) is 0 Å². The molecule has 0 saturated carbocycles. The number of nitrogens with one attached hydrogen (secondary N) is 2. The summed E-state index contributed by atoms with van der Waals surface area (Å²) in [5.41, 5.74) is 4.27. The van der Waals surface area contributed by atoms with Gasteiger partial charge in [-0.2, -0.15) is 0 Å². The van der Waals surface area contributed by atoms with Crippen LogP contribution >= 0.6 is 27.5 Å². The lowest BCUT2D eigenvalue weighted by Gasteiger charge is -2.13. The average molecular weight is 513 g/mol. The van der Waals surface area contributed by atoms with Crippen molar-refractivity contribution in [3.63, 3.8) is 0 Å². The van der Waals surface area contributed by atoms with Crippen molar-refractivity contribution in [3.8, 4) is 5.75 Å². The minimum atomic E-state index is 0.442. The van der Waals surface area contributed by atoms with Crippen LogP contribution in [0.4, 0.5) is 0 Å². The Bertz CT molecular complexity index is 1050. The molecule has 2 N–H and O–H groups in total. The Morgan fingerprint density at radius 3 is 2.88 bits per heavy atom. The smallest absolute Gasteiger partial charge is 0.130 e. The fraction of sp³-hybridized carbons (Fsp3) is 0.269. The first-order valence-corrected chi connectivity index (χ1v) is 12.0. The van der Waals surface area contributed by atoms with Crippen molar-refractivity contribution in [2.24, 2.45) is 5.92 Å². The van der Waals surface area contributed by atoms with Gasteiger partial charge in [0.1, 0.15) is 12.4 Å². The van der Waals surface area contributed by atoms with E-state index in [2.05, 4.69) is 61.9 Å². The number of benzene rings is 2. The lowest BCUT2D eigenvalue weighted by molar-refractivity contribution is 0.301. The average Bonchev–Trinajstić information content (AvgIpc) is 3.31. The summed E-state index contributed by atoms with van der Waals surface area (Å²) in [7, 11) is 0. The van der Waals surface area contributed by atoms with Crippen molar-refractivity contribution < 1.29 is 4.74 Å². The van der Waals surface area contributed by atoms with E-state index in [-0.39, 0.29) is 0 Å². The van der Waals surface area contributed by atoms with E-state index in [1.807, 2.05) is 36.4 Å². The second-order valence-electron chi connectivity index (χ2n) is 8.01. The predicted molar refractivity (Wildman–Crippen MR) is 136 cm³/mol. The molecule has 6 heteroatoms. The van der Waals surface area contributed by atoms with Gasteiger partial charge in [-0.05, 0) is 85.1 Å². The fourth-order valence-electron chi connectivity index (χ4n) is 3.74. The van der Waals surface area contributed by atoms with Gasteiger partial charge < -0.3 is 15.4 Å². The van der Waals surface area contributed by atoms with Gasteiger partial charge in [0, 0.05) is 22.2 Å². The highest BCUT2D eigenvalue weighted by Crippen LogP contribution is 2.25. The Labute approximate surface area is 203 Å². The molecule has 1 aliphatic rings. The number of aromatic nitrogens is 1. The molecule has 166 valence electrons. The zero-order valence-corrected chi connectivity index (χ0v) is 20.2. The van der Waals surface area contributed by atoms with E-state index in [4.69, 9.17) is 16.3 Å². The maximum atomic E-state index is 6.08. The van der Waals surface area contributed by atoms with E-state index in [1.165, 1.54) is 12.0 Å². The molecule has 0 radical (unpaired) electrons. The molecule has 0 aliphatic carbocycles. The summed E-state index contributed by atoms with van der Waals surface area (Å²) < 4.78 is 7.05. The number of nitrogens with zero attached hydrogens (tertiary/aromatic N) is 1. The Morgan fingerprint density at radius 2 is 2.09 bits per heavy atom. The van der Waals surface area contributed by atoms with Crippen molar-refractivity contribution in [1.82, 2.24) is 15.6 Å². The molecule has 0 bridgehead atoms. The van der Waals surface area contributed by atoms with E-state index in [0.29, 0.717) is 17.5 Å². The minimum absolute atomic E-state index is 0.442. The van der Waals surface area contributed by atoms with E-state index in [9.17, 15) is 0 Å². The van der Waals surface area contributed by atoms with Gasteiger partial charge in [0.05, 0.1) is 5.69 Å². The molecular weight excluding hydrogens is 486 g/mol. The molecule has 1 saturated heterocycles. The molecule has 0 spiro atoms. The lowest BCUT2D eigenvalue weighted by atomic mass is 10.1. The number of rotatable bonds is 9. The summed E-state index contributed by atoms with van der Waals surface area (Å²) in [6.45, 7) is 4.50. The minimum Gasteiger partial charge on any atom is -0.487 e. The lowest BCUT2D eigenvalue weighted by Crippen LogP contribution is -2.24. The fourth-order valence-corrected chi connectivity index (χ4v) is 4.56. The molecule has 1 fully saturated rings. The van der Waals surface area contributed by atoms with Crippen LogP contribution in [0.2, 0.25) is 5.02 Å². The SMILES string of the molecule is Clc1ccc(/C=C/c2cc(CNCC3CCNC3)cc(OCc3ccccn3)c2)c(Br)c1. The summed E-state index contributed by atoms with van der Waals surface area (Å²) in [4.78, 5) is 4.35. The molecule has 1 aliphatic heterocycles. The van der Waals surface area contributed by atoms with Crippen LogP contribution in [0.1, 0.15) is 28.8 Å². The normalized spacial score (nSPS) is 16.0. The Hall–Kier alpha value is -2.18. The third-order valence-corrected chi connectivity index (χ3v) is 6.37. The highest BCUT2D eigenvalue weighted by molar-refractivity contribution is 9.10.